The minimum Gasteiger partial charge on any atom is -0.354 e. The monoisotopic (exact) mass is 744 g/mol. The normalized spacial score (nSPS) is 14.6. The molecule has 10 rings (SSSR count). The van der Waals surface area contributed by atoms with Gasteiger partial charge in [0.2, 0.25) is 0 Å². The molecule has 276 valence electrons. The number of fused-ring (bicyclic) bond motifs is 6. The highest BCUT2D eigenvalue weighted by Gasteiger charge is 2.30. The molecule has 58 heavy (non-hydrogen) atoms. The third kappa shape index (κ3) is 6.12. The van der Waals surface area contributed by atoms with Gasteiger partial charge in [-0.1, -0.05) is 152 Å². The van der Waals surface area contributed by atoms with E-state index in [1.807, 2.05) is 6.08 Å². The van der Waals surface area contributed by atoms with Gasteiger partial charge in [0.15, 0.2) is 0 Å². The van der Waals surface area contributed by atoms with Crippen LogP contribution in [-0.2, 0) is 6.54 Å². The van der Waals surface area contributed by atoms with Crippen LogP contribution in [0.4, 0.5) is 0 Å². The molecule has 0 aliphatic carbocycles. The highest BCUT2D eigenvalue weighted by molar-refractivity contribution is 6.31. The third-order valence-electron chi connectivity index (χ3n) is 11.1. The summed E-state index contributed by atoms with van der Waals surface area (Å²) in [6, 6.07) is 55.6. The van der Waals surface area contributed by atoms with Crippen LogP contribution in [-0.4, -0.2) is 21.0 Å². The van der Waals surface area contributed by atoms with Crippen molar-refractivity contribution in [2.24, 2.45) is 9.98 Å². The maximum absolute atomic E-state index is 5.59. The van der Waals surface area contributed by atoms with Crippen molar-refractivity contribution in [3.05, 3.63) is 262 Å². The highest BCUT2D eigenvalue weighted by Crippen LogP contribution is 2.46. The van der Waals surface area contributed by atoms with Crippen LogP contribution in [0.2, 0.25) is 0 Å². The third-order valence-corrected chi connectivity index (χ3v) is 11.1. The molecular formula is C54H40N4. The average molecular weight is 745 g/mol. The van der Waals surface area contributed by atoms with Crippen LogP contribution in [0.3, 0.4) is 0 Å². The molecular weight excluding hydrogens is 705 g/mol. The zero-order valence-electron chi connectivity index (χ0n) is 32.2. The number of aromatic amines is 1. The molecule has 0 atom stereocenters. The Morgan fingerprint density at radius 1 is 0.500 bits per heavy atom. The van der Waals surface area contributed by atoms with Crippen LogP contribution in [0.1, 0.15) is 39.1 Å². The van der Waals surface area contributed by atoms with E-state index in [-0.39, 0.29) is 0 Å². The van der Waals surface area contributed by atoms with Crippen LogP contribution < -0.4 is 10.7 Å². The molecule has 8 bridgehead atoms. The summed E-state index contributed by atoms with van der Waals surface area (Å²) >= 11 is 0. The molecule has 5 heterocycles. The molecule has 3 aliphatic rings. The lowest BCUT2D eigenvalue weighted by Gasteiger charge is -2.19. The quantitative estimate of drug-likeness (QED) is 0.158. The van der Waals surface area contributed by atoms with Gasteiger partial charge in [-0.25, -0.2) is 9.98 Å². The molecule has 3 aliphatic heterocycles. The van der Waals surface area contributed by atoms with Gasteiger partial charge in [-0.15, -0.1) is 6.58 Å². The summed E-state index contributed by atoms with van der Waals surface area (Å²) in [7, 11) is 0. The molecule has 0 amide bonds. The van der Waals surface area contributed by atoms with Crippen molar-refractivity contribution in [3.63, 3.8) is 0 Å². The van der Waals surface area contributed by atoms with Crippen molar-refractivity contribution in [3.8, 4) is 11.1 Å². The van der Waals surface area contributed by atoms with E-state index in [1.54, 1.807) is 0 Å². The second-order valence-corrected chi connectivity index (χ2v) is 14.7. The van der Waals surface area contributed by atoms with Crippen LogP contribution in [0.15, 0.2) is 222 Å². The molecule has 4 nitrogen and oxygen atoms in total. The minimum atomic E-state index is 0.595. The van der Waals surface area contributed by atoms with Crippen LogP contribution in [0, 0.1) is 6.92 Å². The summed E-state index contributed by atoms with van der Waals surface area (Å²) in [5, 5.41) is 1.96. The molecule has 0 radical (unpaired) electrons. The van der Waals surface area contributed by atoms with Gasteiger partial charge in [0, 0.05) is 56.9 Å². The fourth-order valence-electron chi connectivity index (χ4n) is 8.54. The summed E-state index contributed by atoms with van der Waals surface area (Å²) in [5.41, 5.74) is 17.7. The molecule has 0 saturated carbocycles. The number of aromatic nitrogens is 2. The van der Waals surface area contributed by atoms with Gasteiger partial charge in [0.25, 0.3) is 0 Å². The van der Waals surface area contributed by atoms with Crippen molar-refractivity contribution < 1.29 is 0 Å². The van der Waals surface area contributed by atoms with Crippen molar-refractivity contribution in [1.29, 1.82) is 0 Å². The predicted octanol–water partition coefficient (Wildman–Crippen LogP) is 10.6. The number of nitrogens with one attached hydrogen (secondary N) is 1. The Labute approximate surface area is 338 Å². The molecule has 2 aromatic heterocycles. The van der Waals surface area contributed by atoms with Crippen LogP contribution in [0.25, 0.3) is 33.4 Å². The topological polar surface area (TPSA) is 45.4 Å². The number of nitrogens with zero attached hydrogens (tertiary/aromatic N) is 3. The number of benzene rings is 5. The van der Waals surface area contributed by atoms with Crippen LogP contribution in [0.5, 0.6) is 0 Å². The van der Waals surface area contributed by atoms with Crippen LogP contribution >= 0.6 is 0 Å². The lowest BCUT2D eigenvalue weighted by molar-refractivity contribution is 0.817. The first-order valence-electron chi connectivity index (χ1n) is 19.7. The first-order chi connectivity index (χ1) is 28.7. The first kappa shape index (κ1) is 34.9. The van der Waals surface area contributed by atoms with Gasteiger partial charge in [0.05, 0.1) is 28.5 Å². The second-order valence-electron chi connectivity index (χ2n) is 14.7. The summed E-state index contributed by atoms with van der Waals surface area (Å²) in [6.45, 7) is 7.05. The van der Waals surface area contributed by atoms with Gasteiger partial charge in [0.1, 0.15) is 0 Å². The van der Waals surface area contributed by atoms with Gasteiger partial charge in [-0.3, -0.25) is 0 Å². The standard InChI is InChI=1S/C54H40N4/c1-3-34-58-35-42-49(37-19-8-4-9-20-37)43-28-29-44(55-43)50(38-21-10-5-11-22-38)45-30-31-46(56-45)51(39-23-12-6-13-24-39)47-32-33-48(57-47)52(40-25-14-7-15-26-40)54(58)53(42)41-27-17-16-18-36(41)2/h3-33,35,56H,1,34H2,2H3. The summed E-state index contributed by atoms with van der Waals surface area (Å²) < 4.78 is 2.35. The van der Waals surface area contributed by atoms with E-state index in [9.17, 15) is 0 Å². The number of hydrogen-bond acceptors (Lipinski definition) is 2. The van der Waals surface area contributed by atoms with Crippen molar-refractivity contribution in [2.45, 2.75) is 13.5 Å². The average Bonchev–Trinajstić information content (AvgIpc) is 4.10. The fraction of sp³-hybridized carbons (Fsp3) is 0.0370. The van der Waals surface area contributed by atoms with Gasteiger partial charge in [-0.05, 0) is 76.7 Å². The number of allylic oxidation sites excluding steroid dienone is 5. The highest BCUT2D eigenvalue weighted by atomic mass is 15.0. The number of H-pyrrole nitrogens is 1. The van der Waals surface area contributed by atoms with Gasteiger partial charge < -0.3 is 9.55 Å². The number of hydrogen-bond donors (Lipinski definition) is 1. The lowest BCUT2D eigenvalue weighted by atomic mass is 9.86. The lowest BCUT2D eigenvalue weighted by Crippen LogP contribution is -2.21. The van der Waals surface area contributed by atoms with E-state index in [1.165, 1.54) is 5.56 Å². The van der Waals surface area contributed by atoms with E-state index in [0.717, 1.165) is 100 Å². The molecule has 1 N–H and O–H groups in total. The molecule has 0 unspecified atom stereocenters. The van der Waals surface area contributed by atoms with Crippen molar-refractivity contribution in [1.82, 2.24) is 9.55 Å². The maximum Gasteiger partial charge on any atom is 0.0737 e. The van der Waals surface area contributed by atoms with Crippen molar-refractivity contribution >= 4 is 33.7 Å². The van der Waals surface area contributed by atoms with E-state index in [2.05, 4.69) is 211 Å². The SMILES string of the molecule is C=CCn1cc2c(-c3ccccc3C)c1C(c1ccccc1)=C1C=CC(=N1)C(c1ccccc1)=c1ccc([nH]1)=C(c1ccccc1)C1=NC(=C2c2ccccc2)C=C1. The van der Waals surface area contributed by atoms with E-state index in [0.29, 0.717) is 6.54 Å². The smallest absolute Gasteiger partial charge is 0.0737 e. The molecule has 0 spiro atoms. The minimum absolute atomic E-state index is 0.595. The molecule has 0 saturated heterocycles. The first-order valence-corrected chi connectivity index (χ1v) is 19.7. The van der Waals surface area contributed by atoms with E-state index >= 15 is 0 Å². The second kappa shape index (κ2) is 14.8. The number of aryl methyl sites for hydroxylation is 1. The molecule has 7 aromatic rings. The van der Waals surface area contributed by atoms with Crippen molar-refractivity contribution in [2.75, 3.05) is 0 Å². The summed E-state index contributed by atoms with van der Waals surface area (Å²) in [5.74, 6) is 0. The van der Waals surface area contributed by atoms with E-state index < -0.39 is 0 Å². The Morgan fingerprint density at radius 2 is 0.948 bits per heavy atom. The van der Waals surface area contributed by atoms with Gasteiger partial charge >= 0.3 is 0 Å². The zero-order valence-corrected chi connectivity index (χ0v) is 32.2. The summed E-state index contributed by atoms with van der Waals surface area (Å²) in [6.07, 6.45) is 13.0. The maximum atomic E-state index is 5.59. The Bertz CT molecular complexity index is 3060. The molecule has 5 aromatic carbocycles. The van der Waals surface area contributed by atoms with Gasteiger partial charge in [-0.2, -0.15) is 0 Å². The zero-order chi connectivity index (χ0) is 39.0. The Hall–Kier alpha value is -7.56. The Kier molecular flexibility index (Phi) is 8.92. The number of rotatable bonds is 7. The summed E-state index contributed by atoms with van der Waals surface area (Å²) in [4.78, 5) is 15.0. The van der Waals surface area contributed by atoms with E-state index in [4.69, 9.17) is 9.98 Å². The fourth-order valence-corrected chi connectivity index (χ4v) is 8.54. The Balaban J connectivity index is 1.43. The predicted molar refractivity (Wildman–Crippen MR) is 241 cm³/mol. The molecule has 4 heteroatoms. The Morgan fingerprint density at radius 3 is 1.45 bits per heavy atom. The number of aliphatic imine (C=N–C) groups is 2. The largest absolute Gasteiger partial charge is 0.354 e. The molecule has 0 fully saturated rings.